The Morgan fingerprint density at radius 3 is 2.38 bits per heavy atom. The molecule has 0 bridgehead atoms. The van der Waals surface area contributed by atoms with Crippen LogP contribution in [0.5, 0.6) is 0 Å². The van der Waals surface area contributed by atoms with Crippen molar-refractivity contribution in [1.29, 1.82) is 0 Å². The molecule has 3 nitrogen and oxygen atoms in total. The topological polar surface area (TPSA) is 55.1 Å². The Balaban J connectivity index is 1.63. The summed E-state index contributed by atoms with van der Waals surface area (Å²) in [5.41, 5.74) is 8.25. The SMILES string of the molecule is CC(C(=O)NC(N)Cc1ccc2ccccc2c1)c1ccccc1. The number of amides is 1. The molecule has 2 unspecified atom stereocenters. The highest BCUT2D eigenvalue weighted by molar-refractivity contribution is 5.84. The molecule has 0 aliphatic rings. The first-order valence-electron chi connectivity index (χ1n) is 8.22. The van der Waals surface area contributed by atoms with E-state index >= 15 is 0 Å². The Morgan fingerprint density at radius 1 is 0.958 bits per heavy atom. The maximum atomic E-state index is 12.4. The van der Waals surface area contributed by atoms with Crippen molar-refractivity contribution in [2.45, 2.75) is 25.4 Å². The normalized spacial score (nSPS) is 13.4. The zero-order valence-corrected chi connectivity index (χ0v) is 13.8. The van der Waals surface area contributed by atoms with E-state index in [2.05, 4.69) is 35.6 Å². The van der Waals surface area contributed by atoms with Gasteiger partial charge in [0.15, 0.2) is 0 Å². The second-order valence-corrected chi connectivity index (χ2v) is 6.13. The van der Waals surface area contributed by atoms with Crippen LogP contribution >= 0.6 is 0 Å². The highest BCUT2D eigenvalue weighted by Gasteiger charge is 2.17. The number of hydrogen-bond donors (Lipinski definition) is 2. The number of fused-ring (bicyclic) bond motifs is 1. The number of rotatable bonds is 5. The minimum absolute atomic E-state index is 0.0468. The van der Waals surface area contributed by atoms with Crippen LogP contribution in [-0.2, 0) is 11.2 Å². The van der Waals surface area contributed by atoms with E-state index in [1.165, 1.54) is 10.8 Å². The van der Waals surface area contributed by atoms with E-state index < -0.39 is 6.17 Å². The van der Waals surface area contributed by atoms with E-state index in [1.54, 1.807) is 0 Å². The summed E-state index contributed by atoms with van der Waals surface area (Å²) >= 11 is 0. The van der Waals surface area contributed by atoms with Crippen molar-refractivity contribution < 1.29 is 4.79 Å². The Morgan fingerprint density at radius 2 is 1.62 bits per heavy atom. The molecule has 3 aromatic rings. The van der Waals surface area contributed by atoms with Crippen LogP contribution in [0.15, 0.2) is 72.8 Å². The first kappa shape index (κ1) is 16.2. The van der Waals surface area contributed by atoms with Crippen LogP contribution in [0.4, 0.5) is 0 Å². The summed E-state index contributed by atoms with van der Waals surface area (Å²) in [6, 6.07) is 24.2. The van der Waals surface area contributed by atoms with Gasteiger partial charge in [0.25, 0.3) is 0 Å². The Kier molecular flexibility index (Phi) is 4.92. The Bertz CT molecular complexity index is 829. The number of carbonyl (C=O) groups is 1. The summed E-state index contributed by atoms with van der Waals surface area (Å²) < 4.78 is 0. The quantitative estimate of drug-likeness (QED) is 0.706. The zero-order chi connectivity index (χ0) is 16.9. The molecule has 0 fully saturated rings. The number of hydrogen-bond acceptors (Lipinski definition) is 2. The van der Waals surface area contributed by atoms with Crippen LogP contribution in [0.1, 0.15) is 24.0 Å². The van der Waals surface area contributed by atoms with E-state index in [-0.39, 0.29) is 11.8 Å². The van der Waals surface area contributed by atoms with Gasteiger partial charge in [-0.05, 0) is 28.8 Å². The van der Waals surface area contributed by atoms with Gasteiger partial charge in [0.1, 0.15) is 0 Å². The average Bonchev–Trinajstić information content (AvgIpc) is 2.61. The van der Waals surface area contributed by atoms with Crippen molar-refractivity contribution in [3.8, 4) is 0 Å². The molecule has 0 aromatic heterocycles. The molecular formula is C21H22N2O. The number of carbonyl (C=O) groups excluding carboxylic acids is 1. The lowest BCUT2D eigenvalue weighted by Crippen LogP contribution is -2.44. The molecule has 3 heteroatoms. The van der Waals surface area contributed by atoms with Gasteiger partial charge < -0.3 is 11.1 Å². The fraction of sp³-hybridized carbons (Fsp3) is 0.190. The maximum absolute atomic E-state index is 12.4. The summed E-state index contributed by atoms with van der Waals surface area (Å²) in [5.74, 6) is -0.261. The van der Waals surface area contributed by atoms with Gasteiger partial charge in [-0.25, -0.2) is 0 Å². The molecule has 1 amide bonds. The van der Waals surface area contributed by atoms with Crippen molar-refractivity contribution in [2.24, 2.45) is 5.73 Å². The van der Waals surface area contributed by atoms with Gasteiger partial charge in [-0.1, -0.05) is 72.8 Å². The molecule has 0 saturated heterocycles. The molecule has 0 aliphatic heterocycles. The molecule has 0 heterocycles. The van der Waals surface area contributed by atoms with Crippen molar-refractivity contribution in [2.75, 3.05) is 0 Å². The summed E-state index contributed by atoms with van der Waals surface area (Å²) in [6.45, 7) is 1.90. The van der Waals surface area contributed by atoms with Gasteiger partial charge >= 0.3 is 0 Å². The predicted octanol–water partition coefficient (Wildman–Crippen LogP) is 3.59. The first-order valence-corrected chi connectivity index (χ1v) is 8.22. The van der Waals surface area contributed by atoms with Gasteiger partial charge in [-0.2, -0.15) is 0 Å². The van der Waals surface area contributed by atoms with E-state index in [0.29, 0.717) is 6.42 Å². The largest absolute Gasteiger partial charge is 0.340 e. The summed E-state index contributed by atoms with van der Waals surface area (Å²) in [6.07, 6.45) is 0.211. The van der Waals surface area contributed by atoms with Crippen molar-refractivity contribution >= 4 is 16.7 Å². The molecule has 0 radical (unpaired) electrons. The molecule has 24 heavy (non-hydrogen) atoms. The van der Waals surface area contributed by atoms with Crippen LogP contribution in [-0.4, -0.2) is 12.1 Å². The van der Waals surface area contributed by atoms with Crippen LogP contribution in [0.25, 0.3) is 10.8 Å². The van der Waals surface area contributed by atoms with Crippen molar-refractivity contribution in [1.82, 2.24) is 5.32 Å². The first-order chi connectivity index (χ1) is 11.6. The van der Waals surface area contributed by atoms with Gasteiger partial charge in [0.05, 0.1) is 12.1 Å². The lowest BCUT2D eigenvalue weighted by Gasteiger charge is -2.18. The highest BCUT2D eigenvalue weighted by Crippen LogP contribution is 2.17. The molecule has 122 valence electrons. The van der Waals surface area contributed by atoms with Gasteiger partial charge in [0, 0.05) is 6.42 Å². The highest BCUT2D eigenvalue weighted by atomic mass is 16.2. The molecule has 0 spiro atoms. The minimum Gasteiger partial charge on any atom is -0.340 e. The van der Waals surface area contributed by atoms with Crippen molar-refractivity contribution in [3.05, 3.63) is 83.9 Å². The smallest absolute Gasteiger partial charge is 0.228 e. The second kappa shape index (κ2) is 7.28. The molecule has 3 rings (SSSR count). The maximum Gasteiger partial charge on any atom is 0.228 e. The lowest BCUT2D eigenvalue weighted by molar-refractivity contribution is -0.122. The third-order valence-corrected chi connectivity index (χ3v) is 4.29. The molecular weight excluding hydrogens is 296 g/mol. The third-order valence-electron chi connectivity index (χ3n) is 4.29. The van der Waals surface area contributed by atoms with Crippen LogP contribution in [0.2, 0.25) is 0 Å². The number of benzene rings is 3. The van der Waals surface area contributed by atoms with Gasteiger partial charge in [0.2, 0.25) is 5.91 Å². The fourth-order valence-electron chi connectivity index (χ4n) is 2.87. The Hall–Kier alpha value is -2.65. The van der Waals surface area contributed by atoms with E-state index in [1.807, 2.05) is 49.4 Å². The molecule has 3 aromatic carbocycles. The standard InChI is InChI=1S/C21H22N2O/c1-15(17-7-3-2-4-8-17)21(24)23-20(22)14-16-11-12-18-9-5-6-10-19(18)13-16/h2-13,15,20H,14,22H2,1H3,(H,23,24). The molecule has 2 atom stereocenters. The molecule has 0 aliphatic carbocycles. The number of nitrogens with one attached hydrogen (secondary N) is 1. The molecule has 0 saturated carbocycles. The number of nitrogens with two attached hydrogens (primary N) is 1. The van der Waals surface area contributed by atoms with Crippen LogP contribution in [0.3, 0.4) is 0 Å². The predicted molar refractivity (Wildman–Crippen MR) is 98.6 cm³/mol. The summed E-state index contributed by atoms with van der Waals surface area (Å²) in [4.78, 5) is 12.4. The van der Waals surface area contributed by atoms with Crippen molar-refractivity contribution in [3.63, 3.8) is 0 Å². The van der Waals surface area contributed by atoms with Gasteiger partial charge in [-0.3, -0.25) is 4.79 Å². The van der Waals surface area contributed by atoms with E-state index in [4.69, 9.17) is 5.73 Å². The van der Waals surface area contributed by atoms with E-state index in [0.717, 1.165) is 11.1 Å². The molecule has 3 N–H and O–H groups in total. The zero-order valence-electron chi connectivity index (χ0n) is 13.8. The van der Waals surface area contributed by atoms with E-state index in [9.17, 15) is 4.79 Å². The van der Waals surface area contributed by atoms with Gasteiger partial charge in [-0.15, -0.1) is 0 Å². The van der Waals surface area contributed by atoms with Crippen LogP contribution < -0.4 is 11.1 Å². The monoisotopic (exact) mass is 318 g/mol. The van der Waals surface area contributed by atoms with Crippen LogP contribution in [0, 0.1) is 0 Å². The summed E-state index contributed by atoms with van der Waals surface area (Å²) in [7, 11) is 0. The average molecular weight is 318 g/mol. The summed E-state index contributed by atoms with van der Waals surface area (Å²) in [5, 5.41) is 5.30. The fourth-order valence-corrected chi connectivity index (χ4v) is 2.87. The minimum atomic E-state index is -0.398. The lowest BCUT2D eigenvalue weighted by atomic mass is 10.00. The second-order valence-electron chi connectivity index (χ2n) is 6.13. The third kappa shape index (κ3) is 3.81. The Labute approximate surface area is 142 Å².